The molecule has 0 atom stereocenters. The highest BCUT2D eigenvalue weighted by molar-refractivity contribution is 8.10. The number of oxime groups is 1. The molecule has 2 aliphatic heterocycles. The van der Waals surface area contributed by atoms with Crippen molar-refractivity contribution in [3.05, 3.63) is 105 Å². The molecular weight excluding hydrogens is 366 g/mol. The summed E-state index contributed by atoms with van der Waals surface area (Å²) in [5.74, 6) is 1.63. The number of nitrogens with zero attached hydrogens (tertiary/aromatic N) is 1. The maximum absolute atomic E-state index is 5.96. The van der Waals surface area contributed by atoms with Gasteiger partial charge in [-0.15, -0.1) is 0 Å². The number of thioether (sulfide) groups is 1. The molecule has 0 saturated heterocycles. The molecule has 28 heavy (non-hydrogen) atoms. The van der Waals surface area contributed by atoms with Gasteiger partial charge >= 0.3 is 0 Å². The molecule has 5 rings (SSSR count). The minimum Gasteiger partial charge on any atom is -0.497 e. The van der Waals surface area contributed by atoms with Gasteiger partial charge < -0.3 is 9.57 Å². The zero-order valence-electron chi connectivity index (χ0n) is 15.3. The van der Waals surface area contributed by atoms with Gasteiger partial charge in [-0.3, -0.25) is 0 Å². The van der Waals surface area contributed by atoms with Crippen LogP contribution >= 0.6 is 11.8 Å². The van der Waals surface area contributed by atoms with Crippen LogP contribution in [0.3, 0.4) is 0 Å². The molecule has 0 aromatic heterocycles. The number of hydrogen-bond donors (Lipinski definition) is 0. The summed E-state index contributed by atoms with van der Waals surface area (Å²) in [5, 5.41) is 8.95. The number of methoxy groups -OCH3 is 1. The van der Waals surface area contributed by atoms with Gasteiger partial charge in [0.2, 0.25) is 0 Å². The van der Waals surface area contributed by atoms with Crippen LogP contribution in [-0.4, -0.2) is 12.8 Å². The Bertz CT molecular complexity index is 1230. The first-order chi connectivity index (χ1) is 13.8. The average Bonchev–Trinajstić information content (AvgIpc) is 2.78. The van der Waals surface area contributed by atoms with Gasteiger partial charge in [0.05, 0.1) is 12.0 Å². The van der Waals surface area contributed by atoms with E-state index in [4.69, 9.17) is 9.57 Å². The van der Waals surface area contributed by atoms with Crippen molar-refractivity contribution in [1.29, 1.82) is 0 Å². The predicted molar refractivity (Wildman–Crippen MR) is 115 cm³/mol. The lowest BCUT2D eigenvalue weighted by Crippen LogP contribution is -2.31. The number of ether oxygens (including phenoxy) is 1. The largest absolute Gasteiger partial charge is 0.497 e. The molecule has 0 spiro atoms. The predicted octanol–water partition coefficient (Wildman–Crippen LogP) is 4.13. The van der Waals surface area contributed by atoms with Crippen molar-refractivity contribution in [2.24, 2.45) is 5.16 Å². The molecule has 3 nitrogen and oxygen atoms in total. The Hall–Kier alpha value is -3.24. The first-order valence-corrected chi connectivity index (χ1v) is 9.89. The van der Waals surface area contributed by atoms with Crippen molar-refractivity contribution in [1.82, 2.24) is 0 Å². The number of allylic oxidation sites excluding steroid dienone is 1. The number of benzene rings is 3. The molecule has 0 amide bonds. The smallest absolute Gasteiger partial charge is 0.180 e. The van der Waals surface area contributed by atoms with E-state index in [2.05, 4.69) is 47.0 Å². The van der Waals surface area contributed by atoms with Gasteiger partial charge in [-0.2, -0.15) is 0 Å². The van der Waals surface area contributed by atoms with Crippen LogP contribution in [0.15, 0.2) is 88.9 Å². The van der Waals surface area contributed by atoms with Gasteiger partial charge in [-0.25, -0.2) is 0 Å². The first-order valence-electron chi connectivity index (χ1n) is 9.01. The highest BCUT2D eigenvalue weighted by Gasteiger charge is 2.28. The van der Waals surface area contributed by atoms with Crippen LogP contribution in [0.4, 0.5) is 0 Å². The zero-order chi connectivity index (χ0) is 18.9. The Morgan fingerprint density at radius 3 is 2.36 bits per heavy atom. The monoisotopic (exact) mass is 383 g/mol. The average molecular weight is 383 g/mol. The second kappa shape index (κ2) is 7.06. The third-order valence-corrected chi connectivity index (χ3v) is 5.83. The second-order valence-electron chi connectivity index (χ2n) is 6.48. The summed E-state index contributed by atoms with van der Waals surface area (Å²) in [6, 6.07) is 26.5. The lowest BCUT2D eigenvalue weighted by molar-refractivity contribution is 0.295. The Morgan fingerprint density at radius 2 is 1.57 bits per heavy atom. The molecule has 136 valence electrons. The first kappa shape index (κ1) is 16.9. The van der Waals surface area contributed by atoms with Gasteiger partial charge in [0.1, 0.15) is 11.5 Å². The minimum absolute atomic E-state index is 0.816. The molecule has 0 N–H and O–H groups in total. The van der Waals surface area contributed by atoms with Crippen molar-refractivity contribution in [3.63, 3.8) is 0 Å². The molecule has 0 fully saturated rings. The summed E-state index contributed by atoms with van der Waals surface area (Å²) >= 11 is 1.69. The van der Waals surface area contributed by atoms with Gasteiger partial charge in [-0.05, 0) is 40.5 Å². The fraction of sp³-hybridized carbons (Fsp3) is 0.0417. The summed E-state index contributed by atoms with van der Waals surface area (Å²) < 4.78 is 5.30. The molecule has 2 heterocycles. The molecule has 2 aliphatic rings. The van der Waals surface area contributed by atoms with Crippen LogP contribution in [0, 0.1) is 0 Å². The summed E-state index contributed by atoms with van der Waals surface area (Å²) in [6.07, 6.45) is 0. The van der Waals surface area contributed by atoms with Crippen molar-refractivity contribution >= 4 is 34.2 Å². The van der Waals surface area contributed by atoms with E-state index in [9.17, 15) is 0 Å². The highest BCUT2D eigenvalue weighted by atomic mass is 32.2. The molecule has 0 radical (unpaired) electrons. The fourth-order valence-electron chi connectivity index (χ4n) is 3.43. The number of rotatable bonds is 3. The lowest BCUT2D eigenvalue weighted by atomic mass is 9.94. The fourth-order valence-corrected chi connectivity index (χ4v) is 4.47. The van der Waals surface area contributed by atoms with Crippen LogP contribution in [0.5, 0.6) is 5.75 Å². The normalized spacial score (nSPS) is 15.0. The van der Waals surface area contributed by atoms with Gasteiger partial charge in [0, 0.05) is 16.4 Å². The van der Waals surface area contributed by atoms with E-state index in [-0.39, 0.29) is 0 Å². The molecule has 0 bridgehead atoms. The molecule has 4 heteroatoms. The van der Waals surface area contributed by atoms with E-state index in [0.29, 0.717) is 0 Å². The lowest BCUT2D eigenvalue weighted by Gasteiger charge is -2.24. The van der Waals surface area contributed by atoms with Gasteiger partial charge in [-0.1, -0.05) is 71.5 Å². The van der Waals surface area contributed by atoms with E-state index < -0.39 is 0 Å². The van der Waals surface area contributed by atoms with E-state index in [1.54, 1.807) is 18.9 Å². The van der Waals surface area contributed by atoms with Crippen LogP contribution in [0.1, 0.15) is 11.1 Å². The third-order valence-electron chi connectivity index (χ3n) is 4.83. The molecule has 0 saturated carbocycles. The summed E-state index contributed by atoms with van der Waals surface area (Å²) in [7, 11) is 1.67. The van der Waals surface area contributed by atoms with E-state index in [1.807, 2.05) is 42.5 Å². The zero-order valence-corrected chi connectivity index (χ0v) is 16.1. The molecule has 0 aliphatic carbocycles. The minimum atomic E-state index is 0.816. The quantitative estimate of drug-likeness (QED) is 0.681. The van der Waals surface area contributed by atoms with Crippen LogP contribution < -0.4 is 15.2 Å². The van der Waals surface area contributed by atoms with Crippen LogP contribution in [0.2, 0.25) is 0 Å². The number of hydrogen-bond acceptors (Lipinski definition) is 4. The Kier molecular flexibility index (Phi) is 4.26. The molecular formula is C24H17NO2S. The molecule has 3 aromatic rings. The summed E-state index contributed by atoms with van der Waals surface area (Å²) in [5.41, 5.74) is 4.02. The van der Waals surface area contributed by atoms with E-state index in [0.717, 1.165) is 49.3 Å². The van der Waals surface area contributed by atoms with Crippen molar-refractivity contribution in [2.75, 3.05) is 7.11 Å². The highest BCUT2D eigenvalue weighted by Crippen LogP contribution is 2.40. The topological polar surface area (TPSA) is 30.8 Å². The SMILES string of the molecule is COc1ccc(C2=NOC3=c4ccccc4=CSC3=C2c2ccccc2)cc1. The Morgan fingerprint density at radius 1 is 0.821 bits per heavy atom. The maximum Gasteiger partial charge on any atom is 0.180 e. The molecule has 3 aromatic carbocycles. The van der Waals surface area contributed by atoms with E-state index in [1.165, 1.54) is 0 Å². The Labute approximate surface area is 167 Å². The Balaban J connectivity index is 1.75. The van der Waals surface area contributed by atoms with Crippen molar-refractivity contribution in [3.8, 4) is 5.75 Å². The van der Waals surface area contributed by atoms with Crippen molar-refractivity contribution < 1.29 is 9.57 Å². The third kappa shape index (κ3) is 2.83. The molecule has 0 unspecified atom stereocenters. The van der Waals surface area contributed by atoms with Gasteiger partial charge in [0.15, 0.2) is 5.76 Å². The van der Waals surface area contributed by atoms with Gasteiger partial charge in [0.25, 0.3) is 0 Å². The van der Waals surface area contributed by atoms with Crippen molar-refractivity contribution in [2.45, 2.75) is 0 Å². The van der Waals surface area contributed by atoms with Crippen LogP contribution in [-0.2, 0) is 4.84 Å². The summed E-state index contributed by atoms with van der Waals surface area (Å²) in [4.78, 5) is 7.05. The maximum atomic E-state index is 5.96. The standard InChI is InChI=1S/C24H17NO2S/c1-26-19-13-11-17(12-14-19)22-21(16-7-3-2-4-8-16)24-23(27-25-22)20-10-6-5-9-18(20)15-28-24/h2-15H,1H3. The number of fused-ring (bicyclic) bond motifs is 2. The summed E-state index contributed by atoms with van der Waals surface area (Å²) in [6.45, 7) is 0. The second-order valence-corrected chi connectivity index (χ2v) is 7.36. The van der Waals surface area contributed by atoms with Crippen LogP contribution in [0.25, 0.3) is 16.7 Å². The van der Waals surface area contributed by atoms with E-state index >= 15 is 0 Å².